The summed E-state index contributed by atoms with van der Waals surface area (Å²) in [7, 11) is 0. The maximum Gasteiger partial charge on any atom is 0.416 e. The zero-order valence-electron chi connectivity index (χ0n) is 17.0. The Morgan fingerprint density at radius 3 is 2.65 bits per heavy atom. The number of nitrogens with one attached hydrogen (secondary N) is 2. The van der Waals surface area contributed by atoms with Gasteiger partial charge in [-0.25, -0.2) is 0 Å². The standard InChI is InChI=1S/C21H25F3N6O/c1-12-14(6-3-7-15(12)21(22,23)24)20(31)30-13-5-2-9-17(30)19(28)29(11-13)18(27)16(26)8-4-10-25/h3-4,6-8,10,13,17,27-28H,2,5,9,11,25-26H2,1H3/b10-4-,16-8-,27-18?,28-19?. The van der Waals surface area contributed by atoms with Crippen molar-refractivity contribution in [2.24, 2.45) is 11.5 Å². The van der Waals surface area contributed by atoms with Crippen molar-refractivity contribution in [3.05, 3.63) is 58.9 Å². The summed E-state index contributed by atoms with van der Waals surface area (Å²) in [6, 6.07) is 2.60. The second-order valence-corrected chi connectivity index (χ2v) is 7.64. The van der Waals surface area contributed by atoms with Crippen molar-refractivity contribution in [2.45, 2.75) is 44.4 Å². The van der Waals surface area contributed by atoms with Gasteiger partial charge in [0.05, 0.1) is 23.3 Å². The third-order valence-electron chi connectivity index (χ3n) is 5.78. The number of hydrogen-bond donors (Lipinski definition) is 4. The lowest BCUT2D eigenvalue weighted by Crippen LogP contribution is -2.66. The number of hydrogen-bond acceptors (Lipinski definition) is 5. The second kappa shape index (κ2) is 8.44. The van der Waals surface area contributed by atoms with Crippen molar-refractivity contribution < 1.29 is 18.0 Å². The molecule has 10 heteroatoms. The predicted octanol–water partition coefficient (Wildman–Crippen LogP) is 2.96. The smallest absolute Gasteiger partial charge is 0.405 e. The van der Waals surface area contributed by atoms with E-state index in [-0.39, 0.29) is 41.1 Å². The summed E-state index contributed by atoms with van der Waals surface area (Å²) in [6.45, 7) is 1.47. The Bertz CT molecular complexity index is 968. The van der Waals surface area contributed by atoms with Crippen LogP contribution in [0.4, 0.5) is 13.2 Å². The molecule has 2 saturated heterocycles. The molecule has 0 aromatic heterocycles. The minimum Gasteiger partial charge on any atom is -0.405 e. The van der Waals surface area contributed by atoms with Crippen LogP contribution in [0.25, 0.3) is 0 Å². The molecule has 2 unspecified atom stereocenters. The molecule has 0 radical (unpaired) electrons. The minimum atomic E-state index is -4.56. The fourth-order valence-electron chi connectivity index (χ4n) is 4.24. The molecule has 0 spiro atoms. The molecule has 2 bridgehead atoms. The van der Waals surface area contributed by atoms with Crippen LogP contribution in [-0.4, -0.2) is 46.0 Å². The molecule has 2 fully saturated rings. The molecular weight excluding hydrogens is 409 g/mol. The molecule has 0 aliphatic carbocycles. The highest BCUT2D eigenvalue weighted by atomic mass is 19.4. The molecule has 3 rings (SSSR count). The number of rotatable bonds is 3. The third kappa shape index (κ3) is 4.14. The van der Waals surface area contributed by atoms with E-state index in [1.807, 2.05) is 0 Å². The maximum atomic E-state index is 13.3. The zero-order chi connectivity index (χ0) is 22.9. The predicted molar refractivity (Wildman–Crippen MR) is 112 cm³/mol. The summed E-state index contributed by atoms with van der Waals surface area (Å²) in [5.74, 6) is -0.557. The first-order chi connectivity index (χ1) is 14.6. The number of benzene rings is 1. The molecule has 2 atom stereocenters. The Balaban J connectivity index is 1.93. The van der Waals surface area contributed by atoms with Crippen LogP contribution in [0.3, 0.4) is 0 Å². The Hall–Kier alpha value is -3.30. The van der Waals surface area contributed by atoms with Crippen LogP contribution in [0.5, 0.6) is 0 Å². The SMILES string of the molecule is Cc1c(C(=O)N2C3CCCC2C(=N)N(C(=N)/C(N)=C/C=C\N)C3)cccc1C(F)(F)F. The molecule has 31 heavy (non-hydrogen) atoms. The van der Waals surface area contributed by atoms with E-state index in [9.17, 15) is 18.0 Å². The van der Waals surface area contributed by atoms with Crippen molar-refractivity contribution in [1.82, 2.24) is 9.80 Å². The van der Waals surface area contributed by atoms with Crippen LogP contribution >= 0.6 is 0 Å². The van der Waals surface area contributed by atoms with Gasteiger partial charge < -0.3 is 21.3 Å². The van der Waals surface area contributed by atoms with E-state index >= 15 is 0 Å². The molecule has 6 N–H and O–H groups in total. The maximum absolute atomic E-state index is 13.3. The molecule has 2 aliphatic heterocycles. The van der Waals surface area contributed by atoms with E-state index in [0.29, 0.717) is 12.8 Å². The number of halogens is 3. The van der Waals surface area contributed by atoms with Crippen molar-refractivity contribution in [2.75, 3.05) is 6.54 Å². The van der Waals surface area contributed by atoms with Gasteiger partial charge in [0, 0.05) is 12.1 Å². The topological polar surface area (TPSA) is 123 Å². The van der Waals surface area contributed by atoms with Gasteiger partial charge in [0.2, 0.25) is 0 Å². The number of likely N-dealkylation sites (tertiary alicyclic amines) is 1. The number of amidine groups is 2. The molecule has 1 amide bonds. The van der Waals surface area contributed by atoms with Crippen molar-refractivity contribution in [1.29, 1.82) is 10.8 Å². The third-order valence-corrected chi connectivity index (χ3v) is 5.78. The number of piperidine rings is 1. The number of piperazine rings is 1. The quantitative estimate of drug-likeness (QED) is 0.332. The number of allylic oxidation sites excluding steroid dienone is 2. The van der Waals surface area contributed by atoms with E-state index in [2.05, 4.69) is 0 Å². The molecule has 7 nitrogen and oxygen atoms in total. The molecular formula is C21H25F3N6O. The fourth-order valence-corrected chi connectivity index (χ4v) is 4.24. The molecule has 1 aromatic carbocycles. The van der Waals surface area contributed by atoms with Gasteiger partial charge in [-0.05, 0) is 62.2 Å². The highest BCUT2D eigenvalue weighted by Gasteiger charge is 2.45. The van der Waals surface area contributed by atoms with Crippen LogP contribution in [0, 0.1) is 17.7 Å². The van der Waals surface area contributed by atoms with E-state index < -0.39 is 23.7 Å². The number of carbonyl (C=O) groups is 1. The van der Waals surface area contributed by atoms with E-state index in [1.165, 1.54) is 47.2 Å². The minimum absolute atomic E-state index is 0.0180. The highest BCUT2D eigenvalue weighted by molar-refractivity contribution is 6.10. The van der Waals surface area contributed by atoms with Gasteiger partial charge in [0.15, 0.2) is 0 Å². The number of nitrogens with two attached hydrogens (primary N) is 2. The van der Waals surface area contributed by atoms with Gasteiger partial charge in [-0.1, -0.05) is 6.07 Å². The van der Waals surface area contributed by atoms with E-state index in [1.54, 1.807) is 0 Å². The first-order valence-corrected chi connectivity index (χ1v) is 9.86. The summed E-state index contributed by atoms with van der Waals surface area (Å²) >= 11 is 0. The van der Waals surface area contributed by atoms with Crippen molar-refractivity contribution in [3.8, 4) is 0 Å². The first-order valence-electron chi connectivity index (χ1n) is 9.86. The van der Waals surface area contributed by atoms with Gasteiger partial charge in [-0.15, -0.1) is 0 Å². The highest BCUT2D eigenvalue weighted by Crippen LogP contribution is 2.36. The first kappa shape index (κ1) is 22.4. The van der Waals surface area contributed by atoms with Gasteiger partial charge in [0.1, 0.15) is 11.7 Å². The Labute approximate surface area is 178 Å². The van der Waals surface area contributed by atoms with Crippen molar-refractivity contribution in [3.63, 3.8) is 0 Å². The largest absolute Gasteiger partial charge is 0.416 e. The fraction of sp³-hybridized carbons (Fsp3) is 0.381. The van der Waals surface area contributed by atoms with Gasteiger partial charge in [-0.3, -0.25) is 15.6 Å². The number of amides is 1. The van der Waals surface area contributed by atoms with Gasteiger partial charge in [-0.2, -0.15) is 13.2 Å². The summed E-state index contributed by atoms with van der Waals surface area (Å²) in [5.41, 5.74) is 10.3. The van der Waals surface area contributed by atoms with Crippen LogP contribution in [0.2, 0.25) is 0 Å². The number of carbonyl (C=O) groups excluding carboxylic acids is 1. The summed E-state index contributed by atoms with van der Waals surface area (Å²) in [5, 5.41) is 16.9. The molecule has 166 valence electrons. The van der Waals surface area contributed by atoms with Crippen LogP contribution in [0.15, 0.2) is 42.2 Å². The monoisotopic (exact) mass is 434 g/mol. The van der Waals surface area contributed by atoms with E-state index in [4.69, 9.17) is 22.3 Å². The molecule has 0 saturated carbocycles. The van der Waals surface area contributed by atoms with E-state index in [0.717, 1.165) is 12.5 Å². The average Bonchev–Trinajstić information content (AvgIpc) is 2.72. The molecule has 2 heterocycles. The van der Waals surface area contributed by atoms with Gasteiger partial charge >= 0.3 is 6.18 Å². The molecule has 1 aromatic rings. The zero-order valence-corrected chi connectivity index (χ0v) is 17.0. The van der Waals surface area contributed by atoms with Crippen LogP contribution in [0.1, 0.15) is 40.7 Å². The summed E-state index contributed by atoms with van der Waals surface area (Å²) in [4.78, 5) is 16.3. The van der Waals surface area contributed by atoms with Crippen LogP contribution in [-0.2, 0) is 6.18 Å². The van der Waals surface area contributed by atoms with Gasteiger partial charge in [0.25, 0.3) is 5.91 Å². The van der Waals surface area contributed by atoms with Crippen LogP contribution < -0.4 is 11.5 Å². The van der Waals surface area contributed by atoms with Crippen molar-refractivity contribution >= 4 is 17.6 Å². The lowest BCUT2D eigenvalue weighted by Gasteiger charge is -2.50. The Kier molecular flexibility index (Phi) is 6.10. The molecule has 2 aliphatic rings. The normalized spacial score (nSPS) is 22.2. The lowest BCUT2D eigenvalue weighted by atomic mass is 9.88. The lowest BCUT2D eigenvalue weighted by molar-refractivity contribution is -0.138. The number of alkyl halides is 3. The number of fused-ring (bicyclic) bond motifs is 2. The summed E-state index contributed by atoms with van der Waals surface area (Å²) in [6.07, 6.45) is 1.55. The Morgan fingerprint density at radius 1 is 1.29 bits per heavy atom. The number of nitrogens with zero attached hydrogens (tertiary/aromatic N) is 2. The Morgan fingerprint density at radius 2 is 2.00 bits per heavy atom. The summed E-state index contributed by atoms with van der Waals surface area (Å²) < 4.78 is 39.9. The average molecular weight is 434 g/mol. The second-order valence-electron chi connectivity index (χ2n) is 7.64.